The molecule has 2 rings (SSSR count). The largest absolute Gasteiger partial charge is 0.493 e. The molecule has 0 saturated heterocycles. The fraction of sp³-hybridized carbons (Fsp3) is 0.176. The van der Waals surface area contributed by atoms with E-state index in [0.29, 0.717) is 28.7 Å². The lowest BCUT2D eigenvalue weighted by atomic mass is 10.2. The second-order valence-corrected chi connectivity index (χ2v) is 5.51. The third-order valence-corrected chi connectivity index (χ3v) is 3.59. The van der Waals surface area contributed by atoms with Crippen molar-refractivity contribution in [3.05, 3.63) is 57.6 Å². The van der Waals surface area contributed by atoms with Crippen molar-refractivity contribution in [2.45, 2.75) is 6.92 Å². The molecule has 1 amide bonds. The van der Waals surface area contributed by atoms with Crippen LogP contribution in [0.1, 0.15) is 22.8 Å². The van der Waals surface area contributed by atoms with E-state index in [1.165, 1.54) is 18.3 Å². The zero-order valence-corrected chi connectivity index (χ0v) is 14.7. The Morgan fingerprint density at radius 3 is 2.67 bits per heavy atom. The van der Waals surface area contributed by atoms with Gasteiger partial charge in [0.15, 0.2) is 11.5 Å². The Labute approximate surface area is 150 Å². The Morgan fingerprint density at radius 1 is 1.21 bits per heavy atom. The SMILES string of the molecule is CCOc1ccc(/C=N\NC(=O)c2ccc(Cl)cc2Cl)cc1OC. The molecule has 0 unspecified atom stereocenters. The molecular formula is C17H16Cl2N2O3. The van der Waals surface area contributed by atoms with Gasteiger partial charge in [0.2, 0.25) is 0 Å². The molecule has 0 aromatic heterocycles. The molecular weight excluding hydrogens is 351 g/mol. The number of ether oxygens (including phenoxy) is 2. The Kier molecular flexibility index (Phi) is 6.46. The molecule has 0 bridgehead atoms. The van der Waals surface area contributed by atoms with Gasteiger partial charge in [-0.05, 0) is 48.9 Å². The number of nitrogens with zero attached hydrogens (tertiary/aromatic N) is 1. The third kappa shape index (κ3) is 4.63. The first-order valence-electron chi connectivity index (χ1n) is 7.14. The summed E-state index contributed by atoms with van der Waals surface area (Å²) in [6.45, 7) is 2.44. The minimum absolute atomic E-state index is 0.262. The number of hydrazone groups is 1. The summed E-state index contributed by atoms with van der Waals surface area (Å²) in [5, 5.41) is 4.64. The van der Waals surface area contributed by atoms with Gasteiger partial charge in [0.1, 0.15) is 0 Å². The lowest BCUT2D eigenvalue weighted by molar-refractivity contribution is 0.0955. The molecule has 2 aromatic carbocycles. The molecule has 0 saturated carbocycles. The number of benzene rings is 2. The van der Waals surface area contributed by atoms with Crippen molar-refractivity contribution in [3.63, 3.8) is 0 Å². The van der Waals surface area contributed by atoms with Crippen LogP contribution in [0.5, 0.6) is 11.5 Å². The number of hydrogen-bond acceptors (Lipinski definition) is 4. The van der Waals surface area contributed by atoms with Crippen molar-refractivity contribution in [2.24, 2.45) is 5.10 Å². The average Bonchev–Trinajstić information content (AvgIpc) is 2.56. The van der Waals surface area contributed by atoms with Gasteiger partial charge in [-0.15, -0.1) is 0 Å². The number of amides is 1. The van der Waals surface area contributed by atoms with Crippen LogP contribution in [0.3, 0.4) is 0 Å². The quantitative estimate of drug-likeness (QED) is 0.616. The first-order chi connectivity index (χ1) is 11.5. The summed E-state index contributed by atoms with van der Waals surface area (Å²) in [4.78, 5) is 12.0. The fourth-order valence-electron chi connectivity index (χ4n) is 1.94. The monoisotopic (exact) mass is 366 g/mol. The van der Waals surface area contributed by atoms with E-state index in [-0.39, 0.29) is 5.02 Å². The molecule has 7 heteroatoms. The van der Waals surface area contributed by atoms with Crippen LogP contribution < -0.4 is 14.9 Å². The maximum absolute atomic E-state index is 12.0. The van der Waals surface area contributed by atoms with Crippen LogP contribution in [0.25, 0.3) is 0 Å². The van der Waals surface area contributed by atoms with Gasteiger partial charge in [-0.1, -0.05) is 23.2 Å². The van der Waals surface area contributed by atoms with Gasteiger partial charge in [0.25, 0.3) is 5.91 Å². The van der Waals surface area contributed by atoms with Crippen LogP contribution in [-0.4, -0.2) is 25.8 Å². The smallest absolute Gasteiger partial charge is 0.272 e. The van der Waals surface area contributed by atoms with Crippen molar-refractivity contribution in [1.29, 1.82) is 0 Å². The topological polar surface area (TPSA) is 59.9 Å². The second kappa shape index (κ2) is 8.57. The predicted molar refractivity (Wildman–Crippen MR) is 95.7 cm³/mol. The van der Waals surface area contributed by atoms with E-state index in [4.69, 9.17) is 32.7 Å². The van der Waals surface area contributed by atoms with E-state index in [0.717, 1.165) is 5.56 Å². The molecule has 0 aliphatic rings. The summed E-state index contributed by atoms with van der Waals surface area (Å²) in [5.74, 6) is 0.813. The lowest BCUT2D eigenvalue weighted by Gasteiger charge is -2.09. The number of carbonyl (C=O) groups excluding carboxylic acids is 1. The van der Waals surface area contributed by atoms with E-state index in [9.17, 15) is 4.79 Å². The minimum atomic E-state index is -0.425. The van der Waals surface area contributed by atoms with E-state index >= 15 is 0 Å². The highest BCUT2D eigenvalue weighted by atomic mass is 35.5. The Bertz CT molecular complexity index is 763. The second-order valence-electron chi connectivity index (χ2n) is 4.67. The van der Waals surface area contributed by atoms with E-state index in [2.05, 4.69) is 10.5 Å². The molecule has 5 nitrogen and oxygen atoms in total. The van der Waals surface area contributed by atoms with E-state index in [1.807, 2.05) is 6.92 Å². The zero-order chi connectivity index (χ0) is 17.5. The zero-order valence-electron chi connectivity index (χ0n) is 13.2. The van der Waals surface area contributed by atoms with Gasteiger partial charge in [-0.3, -0.25) is 4.79 Å². The highest BCUT2D eigenvalue weighted by Crippen LogP contribution is 2.27. The molecule has 126 valence electrons. The van der Waals surface area contributed by atoms with Crippen molar-refractivity contribution in [3.8, 4) is 11.5 Å². The molecule has 24 heavy (non-hydrogen) atoms. The van der Waals surface area contributed by atoms with Gasteiger partial charge in [0.05, 0.1) is 30.5 Å². The lowest BCUT2D eigenvalue weighted by Crippen LogP contribution is -2.18. The number of methoxy groups -OCH3 is 1. The van der Waals surface area contributed by atoms with Gasteiger partial charge >= 0.3 is 0 Å². The van der Waals surface area contributed by atoms with Crippen LogP contribution in [0.4, 0.5) is 0 Å². The van der Waals surface area contributed by atoms with Crippen LogP contribution in [0, 0.1) is 0 Å². The number of hydrogen-bond donors (Lipinski definition) is 1. The molecule has 0 fully saturated rings. The summed E-state index contributed by atoms with van der Waals surface area (Å²) in [6, 6.07) is 9.97. The first kappa shape index (κ1) is 18.1. The summed E-state index contributed by atoms with van der Waals surface area (Å²) in [5.41, 5.74) is 3.46. The van der Waals surface area contributed by atoms with Crippen LogP contribution in [0.2, 0.25) is 10.0 Å². The third-order valence-electron chi connectivity index (χ3n) is 3.04. The van der Waals surface area contributed by atoms with Gasteiger partial charge < -0.3 is 9.47 Å². The molecule has 0 atom stereocenters. The summed E-state index contributed by atoms with van der Waals surface area (Å²) < 4.78 is 10.7. The number of nitrogens with one attached hydrogen (secondary N) is 1. The summed E-state index contributed by atoms with van der Waals surface area (Å²) in [6.07, 6.45) is 1.50. The number of halogens is 2. The highest BCUT2D eigenvalue weighted by Gasteiger charge is 2.09. The van der Waals surface area contributed by atoms with E-state index in [1.54, 1.807) is 31.4 Å². The van der Waals surface area contributed by atoms with Crippen molar-refractivity contribution in [2.75, 3.05) is 13.7 Å². The van der Waals surface area contributed by atoms with Gasteiger partial charge in [-0.25, -0.2) is 5.43 Å². The molecule has 0 radical (unpaired) electrons. The molecule has 2 aromatic rings. The maximum atomic E-state index is 12.0. The molecule has 0 heterocycles. The predicted octanol–water partition coefficient (Wildman–Crippen LogP) is 4.16. The van der Waals surface area contributed by atoms with Crippen molar-refractivity contribution >= 4 is 35.3 Å². The molecule has 0 spiro atoms. The van der Waals surface area contributed by atoms with Crippen LogP contribution in [-0.2, 0) is 0 Å². The van der Waals surface area contributed by atoms with E-state index < -0.39 is 5.91 Å². The highest BCUT2D eigenvalue weighted by molar-refractivity contribution is 6.36. The van der Waals surface area contributed by atoms with Crippen molar-refractivity contribution < 1.29 is 14.3 Å². The first-order valence-corrected chi connectivity index (χ1v) is 7.90. The maximum Gasteiger partial charge on any atom is 0.272 e. The average molecular weight is 367 g/mol. The Balaban J connectivity index is 2.07. The molecule has 1 N–H and O–H groups in total. The molecule has 0 aliphatic heterocycles. The summed E-state index contributed by atoms with van der Waals surface area (Å²) in [7, 11) is 1.56. The molecule has 0 aliphatic carbocycles. The Hall–Kier alpha value is -2.24. The summed E-state index contributed by atoms with van der Waals surface area (Å²) >= 11 is 11.8. The fourth-order valence-corrected chi connectivity index (χ4v) is 2.43. The number of carbonyl (C=O) groups is 1. The minimum Gasteiger partial charge on any atom is -0.493 e. The van der Waals surface area contributed by atoms with Crippen LogP contribution in [0.15, 0.2) is 41.5 Å². The van der Waals surface area contributed by atoms with Crippen LogP contribution >= 0.6 is 23.2 Å². The normalized spacial score (nSPS) is 10.7. The van der Waals surface area contributed by atoms with Gasteiger partial charge in [-0.2, -0.15) is 5.10 Å². The number of rotatable bonds is 6. The Morgan fingerprint density at radius 2 is 2.00 bits per heavy atom. The van der Waals surface area contributed by atoms with Gasteiger partial charge in [0, 0.05) is 5.02 Å². The standard InChI is InChI=1S/C17H16Cl2N2O3/c1-3-24-15-7-4-11(8-16(15)23-2)10-20-21-17(22)13-6-5-12(18)9-14(13)19/h4-10H,3H2,1-2H3,(H,21,22)/b20-10-. The van der Waals surface area contributed by atoms with Crippen molar-refractivity contribution in [1.82, 2.24) is 5.43 Å².